The highest BCUT2D eigenvalue weighted by atomic mass is 32.2. The van der Waals surface area contributed by atoms with Crippen LogP contribution in [-0.2, 0) is 5.75 Å². The van der Waals surface area contributed by atoms with Crippen molar-refractivity contribution in [3.05, 3.63) is 119 Å². The summed E-state index contributed by atoms with van der Waals surface area (Å²) in [5.41, 5.74) is 5.02. The van der Waals surface area contributed by atoms with Crippen molar-refractivity contribution < 1.29 is 9.32 Å². The van der Waals surface area contributed by atoms with Gasteiger partial charge in [-0.2, -0.15) is 0 Å². The van der Waals surface area contributed by atoms with Crippen molar-refractivity contribution in [3.8, 4) is 0 Å². The van der Waals surface area contributed by atoms with Crippen molar-refractivity contribution in [1.82, 2.24) is 10.5 Å². The molecule has 0 atom stereocenters. The molecule has 0 unspecified atom stereocenters. The van der Waals surface area contributed by atoms with Crippen LogP contribution in [0.15, 0.2) is 94.3 Å². The van der Waals surface area contributed by atoms with Gasteiger partial charge >= 0.3 is 0 Å². The molecule has 32 heavy (non-hydrogen) atoms. The SMILES string of the molecule is Cc1noc(C)c1CSc1ccccc1C(=O)NCC(c1ccccc1)c1ccccc1. The number of amides is 1. The molecule has 0 fully saturated rings. The molecule has 1 aromatic heterocycles. The van der Waals surface area contributed by atoms with Gasteiger partial charge in [-0.25, -0.2) is 0 Å². The number of nitrogens with zero attached hydrogens (tertiary/aromatic N) is 1. The number of hydrogen-bond acceptors (Lipinski definition) is 4. The first-order chi connectivity index (χ1) is 15.6. The van der Waals surface area contributed by atoms with E-state index in [1.54, 1.807) is 11.8 Å². The van der Waals surface area contributed by atoms with Crippen LogP contribution in [0.1, 0.15) is 44.4 Å². The van der Waals surface area contributed by atoms with Crippen molar-refractivity contribution in [2.45, 2.75) is 30.4 Å². The summed E-state index contributed by atoms with van der Waals surface area (Å²) in [6.07, 6.45) is 0. The number of rotatable bonds is 8. The Hall–Kier alpha value is -3.31. The number of carbonyl (C=O) groups is 1. The second-order valence-electron chi connectivity index (χ2n) is 7.67. The molecular formula is C27H26N2O2S. The summed E-state index contributed by atoms with van der Waals surface area (Å²) < 4.78 is 5.27. The van der Waals surface area contributed by atoms with Gasteiger partial charge in [0.25, 0.3) is 5.91 Å². The van der Waals surface area contributed by atoms with E-state index >= 15 is 0 Å². The van der Waals surface area contributed by atoms with Crippen molar-refractivity contribution in [2.75, 3.05) is 6.54 Å². The van der Waals surface area contributed by atoms with Crippen LogP contribution in [0.3, 0.4) is 0 Å². The number of aromatic nitrogens is 1. The van der Waals surface area contributed by atoms with E-state index < -0.39 is 0 Å². The lowest BCUT2D eigenvalue weighted by molar-refractivity contribution is 0.0949. The average Bonchev–Trinajstić information content (AvgIpc) is 3.16. The maximum atomic E-state index is 13.2. The van der Waals surface area contributed by atoms with E-state index in [1.807, 2.05) is 74.5 Å². The maximum absolute atomic E-state index is 13.2. The fraction of sp³-hybridized carbons (Fsp3) is 0.185. The van der Waals surface area contributed by atoms with Gasteiger partial charge in [-0.3, -0.25) is 4.79 Å². The molecule has 4 rings (SSSR count). The predicted octanol–water partition coefficient (Wildman–Crippen LogP) is 6.15. The topological polar surface area (TPSA) is 55.1 Å². The van der Waals surface area contributed by atoms with E-state index in [4.69, 9.17) is 4.52 Å². The molecule has 5 heteroatoms. The molecule has 1 heterocycles. The summed E-state index contributed by atoms with van der Waals surface area (Å²) >= 11 is 1.63. The smallest absolute Gasteiger partial charge is 0.252 e. The molecule has 0 saturated heterocycles. The van der Waals surface area contributed by atoms with Gasteiger partial charge in [-0.15, -0.1) is 11.8 Å². The Morgan fingerprint density at radius 1 is 0.906 bits per heavy atom. The molecule has 4 aromatic rings. The van der Waals surface area contributed by atoms with Gasteiger partial charge in [0, 0.05) is 28.7 Å². The fourth-order valence-corrected chi connectivity index (χ4v) is 4.93. The fourth-order valence-electron chi connectivity index (χ4n) is 3.73. The Labute approximate surface area is 193 Å². The quantitative estimate of drug-likeness (QED) is 0.333. The normalized spacial score (nSPS) is 11.0. The summed E-state index contributed by atoms with van der Waals surface area (Å²) in [7, 11) is 0. The first kappa shape index (κ1) is 21.9. The van der Waals surface area contributed by atoms with E-state index in [0.29, 0.717) is 17.9 Å². The Morgan fingerprint density at radius 2 is 1.50 bits per heavy atom. The third-order valence-electron chi connectivity index (χ3n) is 5.56. The highest BCUT2D eigenvalue weighted by Gasteiger charge is 2.18. The van der Waals surface area contributed by atoms with Gasteiger partial charge in [-0.05, 0) is 37.1 Å². The summed E-state index contributed by atoms with van der Waals surface area (Å²) in [5, 5.41) is 7.19. The predicted molar refractivity (Wildman–Crippen MR) is 129 cm³/mol. The van der Waals surface area contributed by atoms with Crippen LogP contribution >= 0.6 is 11.8 Å². The minimum Gasteiger partial charge on any atom is -0.361 e. The molecule has 162 valence electrons. The monoisotopic (exact) mass is 442 g/mol. The Kier molecular flexibility index (Phi) is 7.07. The van der Waals surface area contributed by atoms with Crippen LogP contribution in [0, 0.1) is 13.8 Å². The number of aryl methyl sites for hydroxylation is 2. The second-order valence-corrected chi connectivity index (χ2v) is 8.69. The van der Waals surface area contributed by atoms with E-state index in [9.17, 15) is 4.79 Å². The molecule has 1 amide bonds. The molecule has 3 aromatic carbocycles. The van der Waals surface area contributed by atoms with Gasteiger partial charge < -0.3 is 9.84 Å². The molecule has 1 N–H and O–H groups in total. The van der Waals surface area contributed by atoms with Crippen LogP contribution in [0.25, 0.3) is 0 Å². The minimum atomic E-state index is -0.0660. The average molecular weight is 443 g/mol. The highest BCUT2D eigenvalue weighted by Crippen LogP contribution is 2.29. The van der Waals surface area contributed by atoms with Gasteiger partial charge in [0.2, 0.25) is 0 Å². The second kappa shape index (κ2) is 10.3. The maximum Gasteiger partial charge on any atom is 0.252 e. The molecule has 0 aliphatic rings. The van der Waals surface area contributed by atoms with Crippen molar-refractivity contribution in [1.29, 1.82) is 0 Å². The van der Waals surface area contributed by atoms with Crippen LogP contribution < -0.4 is 5.32 Å². The van der Waals surface area contributed by atoms with E-state index in [-0.39, 0.29) is 11.8 Å². The van der Waals surface area contributed by atoms with E-state index in [0.717, 1.165) is 21.9 Å². The molecule has 0 spiro atoms. The molecule has 0 aliphatic carbocycles. The molecule has 0 radical (unpaired) electrons. The summed E-state index contributed by atoms with van der Waals surface area (Å²) in [4.78, 5) is 14.1. The van der Waals surface area contributed by atoms with Crippen molar-refractivity contribution >= 4 is 17.7 Å². The first-order valence-electron chi connectivity index (χ1n) is 10.6. The standard InChI is InChI=1S/C27H26N2O2S/c1-19-25(20(2)31-29-19)18-32-26-16-10-9-15-23(26)27(30)28-17-24(21-11-5-3-6-12-21)22-13-7-4-8-14-22/h3-16,24H,17-18H2,1-2H3,(H,28,30). The number of nitrogens with one attached hydrogen (secondary N) is 1. The summed E-state index contributed by atoms with van der Waals surface area (Å²) in [6.45, 7) is 4.38. The number of hydrogen-bond donors (Lipinski definition) is 1. The van der Waals surface area contributed by atoms with Crippen LogP contribution in [0.2, 0.25) is 0 Å². The van der Waals surface area contributed by atoms with Gasteiger partial charge in [0.05, 0.1) is 11.3 Å². The number of carbonyl (C=O) groups excluding carboxylic acids is 1. The largest absolute Gasteiger partial charge is 0.361 e. The molecule has 0 bridgehead atoms. The highest BCUT2D eigenvalue weighted by molar-refractivity contribution is 7.98. The first-order valence-corrected chi connectivity index (χ1v) is 11.6. The van der Waals surface area contributed by atoms with Gasteiger partial charge in [-0.1, -0.05) is 78.0 Å². The third kappa shape index (κ3) is 5.11. The molecule has 4 nitrogen and oxygen atoms in total. The molecule has 0 saturated carbocycles. The zero-order chi connectivity index (χ0) is 22.3. The lowest BCUT2D eigenvalue weighted by Crippen LogP contribution is -2.29. The van der Waals surface area contributed by atoms with Crippen LogP contribution in [0.5, 0.6) is 0 Å². The van der Waals surface area contributed by atoms with E-state index in [1.165, 1.54) is 11.1 Å². The van der Waals surface area contributed by atoms with Gasteiger partial charge in [0.15, 0.2) is 0 Å². The summed E-state index contributed by atoms with van der Waals surface area (Å²) in [5.74, 6) is 1.56. The van der Waals surface area contributed by atoms with E-state index in [2.05, 4.69) is 34.7 Å². The van der Waals surface area contributed by atoms with Crippen LogP contribution in [-0.4, -0.2) is 17.6 Å². The zero-order valence-electron chi connectivity index (χ0n) is 18.2. The Bertz CT molecular complexity index is 1110. The lowest BCUT2D eigenvalue weighted by Gasteiger charge is -2.19. The van der Waals surface area contributed by atoms with Crippen LogP contribution in [0.4, 0.5) is 0 Å². The number of thioether (sulfide) groups is 1. The Morgan fingerprint density at radius 3 is 2.09 bits per heavy atom. The van der Waals surface area contributed by atoms with Crippen molar-refractivity contribution in [3.63, 3.8) is 0 Å². The lowest BCUT2D eigenvalue weighted by atomic mass is 9.91. The van der Waals surface area contributed by atoms with Crippen molar-refractivity contribution in [2.24, 2.45) is 0 Å². The molecular weight excluding hydrogens is 416 g/mol. The third-order valence-corrected chi connectivity index (χ3v) is 6.66. The minimum absolute atomic E-state index is 0.0660. The summed E-state index contributed by atoms with van der Waals surface area (Å²) in [6, 6.07) is 28.3. The molecule has 0 aliphatic heterocycles. The Balaban J connectivity index is 1.50. The number of benzene rings is 3. The zero-order valence-corrected chi connectivity index (χ0v) is 19.1. The van der Waals surface area contributed by atoms with Gasteiger partial charge in [0.1, 0.15) is 5.76 Å².